The molecule has 2 aromatic heterocycles. The Morgan fingerprint density at radius 1 is 1.50 bits per heavy atom. The van der Waals surface area contributed by atoms with Gasteiger partial charge in [0, 0.05) is 39.1 Å². The second-order valence-corrected chi connectivity index (χ2v) is 6.37. The molecule has 0 aliphatic rings. The van der Waals surface area contributed by atoms with Crippen LogP contribution in [0.3, 0.4) is 0 Å². The van der Waals surface area contributed by atoms with Crippen LogP contribution in [0.1, 0.15) is 44.3 Å². The predicted octanol–water partition coefficient (Wildman–Crippen LogP) is 2.76. The summed E-state index contributed by atoms with van der Waals surface area (Å²) in [6.45, 7) is 8.18. The zero-order chi connectivity index (χ0) is 19.1. The number of nitrogens with one attached hydrogen (secondary N) is 1. The van der Waals surface area contributed by atoms with Crippen molar-refractivity contribution in [2.75, 3.05) is 20.2 Å². The average molecular weight is 383 g/mol. The molecule has 0 amide bonds. The molecule has 2 rings (SSSR count). The van der Waals surface area contributed by atoms with Gasteiger partial charge in [0.15, 0.2) is 11.8 Å². The van der Waals surface area contributed by atoms with Gasteiger partial charge in [0.05, 0.1) is 11.6 Å². The van der Waals surface area contributed by atoms with Crippen LogP contribution in [0.2, 0.25) is 5.02 Å². The fourth-order valence-electron chi connectivity index (χ4n) is 2.48. The van der Waals surface area contributed by atoms with Gasteiger partial charge in [-0.3, -0.25) is 0 Å². The van der Waals surface area contributed by atoms with E-state index in [-0.39, 0.29) is 6.10 Å². The zero-order valence-electron chi connectivity index (χ0n) is 16.0. The first-order chi connectivity index (χ1) is 12.4. The molecule has 1 atom stereocenters. The Kier molecular flexibility index (Phi) is 7.47. The molecule has 0 aliphatic carbocycles. The van der Waals surface area contributed by atoms with Crippen molar-refractivity contribution in [3.63, 3.8) is 0 Å². The van der Waals surface area contributed by atoms with Gasteiger partial charge in [0.1, 0.15) is 12.6 Å². The molecule has 8 nitrogen and oxygen atoms in total. The van der Waals surface area contributed by atoms with Gasteiger partial charge in [-0.1, -0.05) is 16.8 Å². The smallest absolute Gasteiger partial charge is 0.248 e. The summed E-state index contributed by atoms with van der Waals surface area (Å²) in [6.07, 6.45) is 1.69. The van der Waals surface area contributed by atoms with Crippen LogP contribution >= 0.6 is 11.6 Å². The quantitative estimate of drug-likeness (QED) is 0.558. The van der Waals surface area contributed by atoms with Crippen LogP contribution in [0.5, 0.6) is 0 Å². The van der Waals surface area contributed by atoms with Crippen LogP contribution in [0.4, 0.5) is 0 Å². The van der Waals surface area contributed by atoms with Crippen LogP contribution in [-0.4, -0.2) is 45.8 Å². The van der Waals surface area contributed by atoms with Crippen molar-refractivity contribution in [1.82, 2.24) is 24.9 Å². The Hall–Kier alpha value is -2.06. The second kappa shape index (κ2) is 9.59. The van der Waals surface area contributed by atoms with E-state index in [1.807, 2.05) is 56.6 Å². The number of aryl methyl sites for hydroxylation is 1. The first kappa shape index (κ1) is 20.3. The fraction of sp³-hybridized carbons (Fsp3) is 0.588. The zero-order valence-corrected chi connectivity index (χ0v) is 16.7. The van der Waals surface area contributed by atoms with E-state index in [1.165, 1.54) is 0 Å². The number of rotatable bonds is 8. The molecule has 144 valence electrons. The highest BCUT2D eigenvalue weighted by molar-refractivity contribution is 6.30. The van der Waals surface area contributed by atoms with Crippen molar-refractivity contribution in [2.45, 2.75) is 40.0 Å². The lowest BCUT2D eigenvalue weighted by atomic mass is 10.4. The third kappa shape index (κ3) is 5.47. The third-order valence-electron chi connectivity index (χ3n) is 3.80. The van der Waals surface area contributed by atoms with Gasteiger partial charge in [0.25, 0.3) is 0 Å². The number of guanidine groups is 1. The van der Waals surface area contributed by atoms with Crippen LogP contribution in [0.25, 0.3) is 0 Å². The van der Waals surface area contributed by atoms with Gasteiger partial charge >= 0.3 is 0 Å². The summed E-state index contributed by atoms with van der Waals surface area (Å²) in [7, 11) is 3.94. The van der Waals surface area contributed by atoms with Crippen LogP contribution in [0, 0.1) is 0 Å². The van der Waals surface area contributed by atoms with Gasteiger partial charge in [-0.15, -0.1) is 0 Å². The topological polar surface area (TPSA) is 80.7 Å². The summed E-state index contributed by atoms with van der Waals surface area (Å²) in [5, 5.41) is 7.94. The first-order valence-electron chi connectivity index (χ1n) is 8.68. The van der Waals surface area contributed by atoms with Crippen LogP contribution in [0.15, 0.2) is 21.8 Å². The van der Waals surface area contributed by atoms with Crippen molar-refractivity contribution in [1.29, 1.82) is 0 Å². The normalized spacial score (nSPS) is 13.1. The van der Waals surface area contributed by atoms with E-state index in [1.54, 1.807) is 0 Å². The van der Waals surface area contributed by atoms with E-state index in [0.717, 1.165) is 23.2 Å². The molecular formula is C17H27ClN6O2. The molecule has 0 radical (unpaired) electrons. The summed E-state index contributed by atoms with van der Waals surface area (Å²) in [5.41, 5.74) is 1.09. The summed E-state index contributed by atoms with van der Waals surface area (Å²) >= 11 is 6.06. The lowest BCUT2D eigenvalue weighted by molar-refractivity contribution is 0.0683. The van der Waals surface area contributed by atoms with Gasteiger partial charge in [0.2, 0.25) is 5.89 Å². The molecule has 0 saturated carbocycles. The van der Waals surface area contributed by atoms with E-state index >= 15 is 0 Å². The summed E-state index contributed by atoms with van der Waals surface area (Å²) in [5.74, 6) is 1.74. The maximum atomic E-state index is 6.06. The highest BCUT2D eigenvalue weighted by Gasteiger charge is 2.14. The highest BCUT2D eigenvalue weighted by Crippen LogP contribution is 2.15. The summed E-state index contributed by atoms with van der Waals surface area (Å²) in [6, 6.07) is 1.95. The molecular weight excluding hydrogens is 356 g/mol. The number of hydrogen-bond acceptors (Lipinski definition) is 5. The molecule has 0 aliphatic heterocycles. The number of aromatic nitrogens is 3. The maximum absolute atomic E-state index is 6.06. The summed E-state index contributed by atoms with van der Waals surface area (Å²) in [4.78, 5) is 11.0. The van der Waals surface area contributed by atoms with Gasteiger partial charge in [-0.05, 0) is 26.8 Å². The number of hydrogen-bond donors (Lipinski definition) is 1. The van der Waals surface area contributed by atoms with Gasteiger partial charge in [-0.25, -0.2) is 4.99 Å². The molecule has 2 heterocycles. The highest BCUT2D eigenvalue weighted by atomic mass is 35.5. The lowest BCUT2D eigenvalue weighted by Gasteiger charge is -2.22. The van der Waals surface area contributed by atoms with Crippen molar-refractivity contribution in [3.8, 4) is 0 Å². The molecule has 2 aromatic rings. The minimum atomic E-state index is -0.195. The minimum absolute atomic E-state index is 0.195. The average Bonchev–Trinajstić information content (AvgIpc) is 3.18. The van der Waals surface area contributed by atoms with Gasteiger partial charge < -0.3 is 24.0 Å². The number of halogens is 1. The van der Waals surface area contributed by atoms with E-state index in [9.17, 15) is 0 Å². The standard InChI is InChI=1S/C17H27ClN6O2/c1-6-19-17(24(5)11-14-8-13(18)10-23(14)4)20-9-15-21-16(22-26-15)12(3)25-7-2/h8,10,12H,6-7,9,11H2,1-5H3,(H,19,20). The molecule has 26 heavy (non-hydrogen) atoms. The first-order valence-corrected chi connectivity index (χ1v) is 9.06. The van der Waals surface area contributed by atoms with Crippen molar-refractivity contribution < 1.29 is 9.26 Å². The van der Waals surface area contributed by atoms with Gasteiger partial charge in [-0.2, -0.15) is 4.98 Å². The predicted molar refractivity (Wildman–Crippen MR) is 101 cm³/mol. The Morgan fingerprint density at radius 2 is 2.27 bits per heavy atom. The SMILES string of the molecule is CCNC(=NCc1nc(C(C)OCC)no1)N(C)Cc1cc(Cl)cn1C. The van der Waals surface area contributed by atoms with Crippen molar-refractivity contribution >= 4 is 17.6 Å². The molecule has 0 fully saturated rings. The van der Waals surface area contributed by atoms with E-state index < -0.39 is 0 Å². The van der Waals surface area contributed by atoms with Crippen LogP contribution in [-0.2, 0) is 24.9 Å². The maximum Gasteiger partial charge on any atom is 0.248 e. The second-order valence-electron chi connectivity index (χ2n) is 5.93. The molecule has 0 aromatic carbocycles. The van der Waals surface area contributed by atoms with E-state index in [2.05, 4.69) is 20.4 Å². The fourth-order valence-corrected chi connectivity index (χ4v) is 2.75. The van der Waals surface area contributed by atoms with E-state index in [4.69, 9.17) is 20.9 Å². The number of ether oxygens (including phenoxy) is 1. The Labute approximate surface area is 159 Å². The molecule has 0 saturated heterocycles. The minimum Gasteiger partial charge on any atom is -0.371 e. The number of aliphatic imine (C=N–C) groups is 1. The summed E-state index contributed by atoms with van der Waals surface area (Å²) < 4.78 is 12.7. The van der Waals surface area contributed by atoms with Crippen LogP contribution < -0.4 is 5.32 Å². The monoisotopic (exact) mass is 382 g/mol. The molecule has 9 heteroatoms. The van der Waals surface area contributed by atoms with E-state index in [0.29, 0.717) is 31.4 Å². The molecule has 1 N–H and O–H groups in total. The Bertz CT molecular complexity index is 727. The lowest BCUT2D eigenvalue weighted by Crippen LogP contribution is -2.38. The van der Waals surface area contributed by atoms with Crippen molar-refractivity contribution in [3.05, 3.63) is 34.7 Å². The molecule has 1 unspecified atom stereocenters. The number of nitrogens with zero attached hydrogens (tertiary/aromatic N) is 5. The Morgan fingerprint density at radius 3 is 2.88 bits per heavy atom. The third-order valence-corrected chi connectivity index (χ3v) is 4.01. The van der Waals surface area contributed by atoms with Crippen molar-refractivity contribution in [2.24, 2.45) is 12.0 Å². The molecule has 0 spiro atoms. The Balaban J connectivity index is 2.04. The molecule has 0 bridgehead atoms. The largest absolute Gasteiger partial charge is 0.371 e.